The SMILES string of the molecule is CSCC[C@H](NC(=O)c1cccc(C)c1)C(=O)N(C)Cc1ccc(C)cc1. The van der Waals surface area contributed by atoms with E-state index in [1.807, 2.05) is 62.6 Å². The number of nitrogens with zero attached hydrogens (tertiary/aromatic N) is 1. The van der Waals surface area contributed by atoms with Gasteiger partial charge in [0, 0.05) is 19.2 Å². The second-order valence-electron chi connectivity index (χ2n) is 6.86. The molecule has 1 N–H and O–H groups in total. The Kier molecular flexibility index (Phi) is 7.92. The molecule has 0 radical (unpaired) electrons. The van der Waals surface area contributed by atoms with Gasteiger partial charge in [0.2, 0.25) is 5.91 Å². The third-order valence-electron chi connectivity index (χ3n) is 4.41. The number of thioether (sulfide) groups is 1. The number of rotatable bonds is 8. The van der Waals surface area contributed by atoms with Crippen LogP contribution < -0.4 is 5.32 Å². The topological polar surface area (TPSA) is 49.4 Å². The Morgan fingerprint density at radius 2 is 1.78 bits per heavy atom. The van der Waals surface area contributed by atoms with Gasteiger partial charge in [-0.2, -0.15) is 11.8 Å². The molecule has 1 atom stereocenters. The largest absolute Gasteiger partial charge is 0.340 e. The molecule has 0 heterocycles. The highest BCUT2D eigenvalue weighted by molar-refractivity contribution is 7.98. The maximum atomic E-state index is 13.0. The Labute approximate surface area is 166 Å². The van der Waals surface area contributed by atoms with E-state index in [1.165, 1.54) is 5.56 Å². The molecule has 0 unspecified atom stereocenters. The first-order valence-electron chi connectivity index (χ1n) is 9.07. The fourth-order valence-corrected chi connectivity index (χ4v) is 3.30. The summed E-state index contributed by atoms with van der Waals surface area (Å²) in [6.07, 6.45) is 2.61. The molecule has 2 rings (SSSR count). The molecule has 0 fully saturated rings. The van der Waals surface area contributed by atoms with Crippen LogP contribution in [0.2, 0.25) is 0 Å². The van der Waals surface area contributed by atoms with Crippen molar-refractivity contribution in [3.8, 4) is 0 Å². The molecule has 4 nitrogen and oxygen atoms in total. The van der Waals surface area contributed by atoms with Crippen LogP contribution in [0.1, 0.15) is 33.5 Å². The van der Waals surface area contributed by atoms with Gasteiger partial charge in [0.1, 0.15) is 6.04 Å². The van der Waals surface area contributed by atoms with Gasteiger partial charge in [-0.1, -0.05) is 47.5 Å². The fourth-order valence-electron chi connectivity index (χ4n) is 2.83. The van der Waals surface area contributed by atoms with Gasteiger partial charge in [-0.15, -0.1) is 0 Å². The zero-order chi connectivity index (χ0) is 19.8. The maximum Gasteiger partial charge on any atom is 0.251 e. The Hall–Kier alpha value is -2.27. The Bertz CT molecular complexity index is 774. The van der Waals surface area contributed by atoms with Crippen LogP contribution in [0.15, 0.2) is 48.5 Å². The Balaban J connectivity index is 2.07. The monoisotopic (exact) mass is 384 g/mol. The average molecular weight is 385 g/mol. The lowest BCUT2D eigenvalue weighted by atomic mass is 10.1. The average Bonchev–Trinajstić information content (AvgIpc) is 2.66. The van der Waals surface area contributed by atoms with Crippen molar-refractivity contribution in [1.29, 1.82) is 0 Å². The number of hydrogen-bond acceptors (Lipinski definition) is 3. The van der Waals surface area contributed by atoms with Gasteiger partial charge in [-0.25, -0.2) is 0 Å². The zero-order valence-electron chi connectivity index (χ0n) is 16.5. The van der Waals surface area contributed by atoms with Gasteiger partial charge < -0.3 is 10.2 Å². The highest BCUT2D eigenvalue weighted by Crippen LogP contribution is 2.11. The van der Waals surface area contributed by atoms with Gasteiger partial charge >= 0.3 is 0 Å². The quantitative estimate of drug-likeness (QED) is 0.753. The van der Waals surface area contributed by atoms with E-state index in [4.69, 9.17) is 0 Å². The summed E-state index contributed by atoms with van der Waals surface area (Å²) in [7, 11) is 1.78. The first kappa shape index (κ1) is 21.0. The first-order chi connectivity index (χ1) is 12.9. The van der Waals surface area contributed by atoms with Crippen LogP contribution in [0.3, 0.4) is 0 Å². The number of hydrogen-bond donors (Lipinski definition) is 1. The van der Waals surface area contributed by atoms with E-state index >= 15 is 0 Å². The normalized spacial score (nSPS) is 11.7. The van der Waals surface area contributed by atoms with Crippen molar-refractivity contribution in [2.75, 3.05) is 19.1 Å². The lowest BCUT2D eigenvalue weighted by Gasteiger charge is -2.25. The van der Waals surface area contributed by atoms with Crippen LogP contribution in [0.25, 0.3) is 0 Å². The van der Waals surface area contributed by atoms with Crippen LogP contribution in [-0.4, -0.2) is 41.8 Å². The summed E-state index contributed by atoms with van der Waals surface area (Å²) in [4.78, 5) is 27.2. The minimum absolute atomic E-state index is 0.0642. The van der Waals surface area contributed by atoms with E-state index in [9.17, 15) is 9.59 Å². The number of likely N-dealkylation sites (N-methyl/N-ethyl adjacent to an activating group) is 1. The third-order valence-corrected chi connectivity index (χ3v) is 5.05. The molecule has 0 aliphatic carbocycles. The molecular formula is C22H28N2O2S. The second-order valence-corrected chi connectivity index (χ2v) is 7.84. The van der Waals surface area contributed by atoms with Crippen LogP contribution in [0, 0.1) is 13.8 Å². The van der Waals surface area contributed by atoms with Crippen molar-refractivity contribution >= 4 is 23.6 Å². The summed E-state index contributed by atoms with van der Waals surface area (Å²) >= 11 is 1.67. The standard InChI is InChI=1S/C22H28N2O2S/c1-16-8-10-18(11-9-16)15-24(3)22(26)20(12-13-27-4)23-21(25)19-7-5-6-17(2)14-19/h5-11,14,20H,12-13,15H2,1-4H3,(H,23,25)/t20-/m0/s1. The highest BCUT2D eigenvalue weighted by atomic mass is 32.2. The molecule has 0 saturated carbocycles. The highest BCUT2D eigenvalue weighted by Gasteiger charge is 2.24. The number of benzene rings is 2. The minimum atomic E-state index is -0.527. The number of carbonyl (C=O) groups excluding carboxylic acids is 2. The maximum absolute atomic E-state index is 13.0. The summed E-state index contributed by atoms with van der Waals surface area (Å²) in [5.74, 6) is 0.538. The number of amides is 2. The summed E-state index contributed by atoms with van der Waals surface area (Å²) in [6, 6.07) is 15.0. The van der Waals surface area contributed by atoms with Crippen molar-refractivity contribution < 1.29 is 9.59 Å². The number of aryl methyl sites for hydroxylation is 2. The second kappa shape index (κ2) is 10.2. The van der Waals surface area contributed by atoms with Crippen molar-refractivity contribution in [1.82, 2.24) is 10.2 Å². The van der Waals surface area contributed by atoms with Gasteiger partial charge in [0.25, 0.3) is 5.91 Å². The molecule has 2 aromatic rings. The van der Waals surface area contributed by atoms with E-state index in [0.717, 1.165) is 16.9 Å². The summed E-state index contributed by atoms with van der Waals surface area (Å²) in [5.41, 5.74) is 3.87. The van der Waals surface area contributed by atoms with Crippen LogP contribution >= 0.6 is 11.8 Å². The molecule has 27 heavy (non-hydrogen) atoms. The van der Waals surface area contributed by atoms with E-state index in [-0.39, 0.29) is 11.8 Å². The van der Waals surface area contributed by atoms with Crippen molar-refractivity contribution in [2.24, 2.45) is 0 Å². The zero-order valence-corrected chi connectivity index (χ0v) is 17.3. The fraction of sp³-hybridized carbons (Fsp3) is 0.364. The van der Waals surface area contributed by atoms with Gasteiger partial charge in [-0.3, -0.25) is 9.59 Å². The van der Waals surface area contributed by atoms with E-state index in [0.29, 0.717) is 18.5 Å². The van der Waals surface area contributed by atoms with Gasteiger partial charge in [-0.05, 0) is 50.0 Å². The van der Waals surface area contributed by atoms with Crippen molar-refractivity contribution in [2.45, 2.75) is 32.9 Å². The van der Waals surface area contributed by atoms with Crippen LogP contribution in [0.5, 0.6) is 0 Å². The Morgan fingerprint density at radius 1 is 1.07 bits per heavy atom. The van der Waals surface area contributed by atoms with Crippen molar-refractivity contribution in [3.05, 3.63) is 70.8 Å². The van der Waals surface area contributed by atoms with Gasteiger partial charge in [0.15, 0.2) is 0 Å². The summed E-state index contributed by atoms with van der Waals surface area (Å²) in [5, 5.41) is 2.93. The number of nitrogens with one attached hydrogen (secondary N) is 1. The molecule has 0 aliphatic rings. The van der Waals surface area contributed by atoms with Crippen LogP contribution in [-0.2, 0) is 11.3 Å². The molecule has 2 aromatic carbocycles. The summed E-state index contributed by atoms with van der Waals surface area (Å²) < 4.78 is 0. The van der Waals surface area contributed by atoms with E-state index < -0.39 is 6.04 Å². The molecule has 0 spiro atoms. The predicted octanol–water partition coefficient (Wildman–Crippen LogP) is 3.81. The Morgan fingerprint density at radius 3 is 2.41 bits per heavy atom. The van der Waals surface area contributed by atoms with Crippen molar-refractivity contribution in [3.63, 3.8) is 0 Å². The molecule has 0 aliphatic heterocycles. The predicted molar refractivity (Wildman–Crippen MR) is 113 cm³/mol. The lowest BCUT2D eigenvalue weighted by Crippen LogP contribution is -2.47. The van der Waals surface area contributed by atoms with Gasteiger partial charge in [0.05, 0.1) is 0 Å². The lowest BCUT2D eigenvalue weighted by molar-refractivity contribution is -0.132. The molecule has 2 amide bonds. The summed E-state index contributed by atoms with van der Waals surface area (Å²) in [6.45, 7) is 4.51. The smallest absolute Gasteiger partial charge is 0.251 e. The third kappa shape index (κ3) is 6.43. The van der Waals surface area contributed by atoms with Crippen LogP contribution in [0.4, 0.5) is 0 Å². The molecule has 0 bridgehead atoms. The molecule has 5 heteroatoms. The molecule has 0 aromatic heterocycles. The molecular weight excluding hydrogens is 356 g/mol. The van der Waals surface area contributed by atoms with E-state index in [1.54, 1.807) is 29.8 Å². The van der Waals surface area contributed by atoms with E-state index in [2.05, 4.69) is 5.32 Å². The number of carbonyl (C=O) groups is 2. The minimum Gasteiger partial charge on any atom is -0.340 e. The molecule has 144 valence electrons. The first-order valence-corrected chi connectivity index (χ1v) is 10.5. The molecule has 0 saturated heterocycles.